The first-order valence-electron chi connectivity index (χ1n) is 6.11. The number of halogens is 2. The Morgan fingerprint density at radius 1 is 1.56 bits per heavy atom. The lowest BCUT2D eigenvalue weighted by molar-refractivity contribution is 0.0951. The van der Waals surface area contributed by atoms with Crippen molar-refractivity contribution in [2.75, 3.05) is 19.6 Å². The van der Waals surface area contributed by atoms with Crippen LogP contribution in [0, 0.1) is 11.7 Å². The monoisotopic (exact) mass is 314 g/mol. The molecule has 1 aromatic carbocycles. The van der Waals surface area contributed by atoms with E-state index in [4.69, 9.17) is 0 Å². The Kier molecular flexibility index (Phi) is 4.72. The Morgan fingerprint density at radius 3 is 3.06 bits per heavy atom. The molecule has 1 aliphatic rings. The zero-order valence-electron chi connectivity index (χ0n) is 10.0. The van der Waals surface area contributed by atoms with Crippen LogP contribution in [0.2, 0.25) is 0 Å². The normalized spacial score (nSPS) is 18.9. The Morgan fingerprint density at radius 2 is 2.39 bits per heavy atom. The van der Waals surface area contributed by atoms with Crippen LogP contribution in [-0.4, -0.2) is 25.5 Å². The average molecular weight is 315 g/mol. The summed E-state index contributed by atoms with van der Waals surface area (Å²) in [4.78, 5) is 11.9. The molecule has 1 unspecified atom stereocenters. The lowest BCUT2D eigenvalue weighted by Gasteiger charge is -2.10. The van der Waals surface area contributed by atoms with Crippen LogP contribution < -0.4 is 10.6 Å². The van der Waals surface area contributed by atoms with Crippen molar-refractivity contribution >= 4 is 21.8 Å². The quantitative estimate of drug-likeness (QED) is 0.895. The van der Waals surface area contributed by atoms with Gasteiger partial charge >= 0.3 is 0 Å². The molecule has 0 spiro atoms. The smallest absolute Gasteiger partial charge is 0.252 e. The van der Waals surface area contributed by atoms with Crippen molar-refractivity contribution in [3.05, 3.63) is 34.1 Å². The molecular weight excluding hydrogens is 299 g/mol. The molecule has 5 heteroatoms. The summed E-state index contributed by atoms with van der Waals surface area (Å²) < 4.78 is 13.4. The minimum absolute atomic E-state index is 0.159. The van der Waals surface area contributed by atoms with Crippen molar-refractivity contribution in [2.45, 2.75) is 12.8 Å². The molecule has 1 saturated heterocycles. The summed E-state index contributed by atoms with van der Waals surface area (Å²) in [5.74, 6) is 0.144. The fraction of sp³-hybridized carbons (Fsp3) is 0.462. The van der Waals surface area contributed by atoms with Crippen molar-refractivity contribution < 1.29 is 9.18 Å². The third-order valence-electron chi connectivity index (χ3n) is 3.18. The van der Waals surface area contributed by atoms with Crippen LogP contribution in [0.4, 0.5) is 4.39 Å². The van der Waals surface area contributed by atoms with E-state index in [9.17, 15) is 9.18 Å². The van der Waals surface area contributed by atoms with Gasteiger partial charge in [-0.2, -0.15) is 0 Å². The lowest BCUT2D eigenvalue weighted by Crippen LogP contribution is -2.26. The first-order valence-corrected chi connectivity index (χ1v) is 6.90. The van der Waals surface area contributed by atoms with Crippen LogP contribution in [0.15, 0.2) is 22.7 Å². The molecule has 3 nitrogen and oxygen atoms in total. The molecule has 1 aromatic rings. The number of nitrogens with one attached hydrogen (secondary N) is 2. The summed E-state index contributed by atoms with van der Waals surface area (Å²) in [6, 6.07) is 4.09. The molecule has 0 radical (unpaired) electrons. The van der Waals surface area contributed by atoms with E-state index in [1.807, 2.05) is 0 Å². The predicted octanol–water partition coefficient (Wildman–Crippen LogP) is 2.32. The highest BCUT2D eigenvalue weighted by Crippen LogP contribution is 2.18. The van der Waals surface area contributed by atoms with Gasteiger partial charge in [0, 0.05) is 11.0 Å². The van der Waals surface area contributed by atoms with Crippen molar-refractivity contribution in [3.63, 3.8) is 0 Å². The number of hydrogen-bond donors (Lipinski definition) is 2. The second kappa shape index (κ2) is 6.29. The minimum Gasteiger partial charge on any atom is -0.352 e. The van der Waals surface area contributed by atoms with Crippen molar-refractivity contribution in [1.29, 1.82) is 0 Å². The van der Waals surface area contributed by atoms with Gasteiger partial charge in [0.2, 0.25) is 0 Å². The highest BCUT2D eigenvalue weighted by molar-refractivity contribution is 9.10. The Bertz CT molecular complexity index is 433. The topological polar surface area (TPSA) is 41.1 Å². The van der Waals surface area contributed by atoms with Crippen LogP contribution in [0.5, 0.6) is 0 Å². The van der Waals surface area contributed by atoms with Gasteiger partial charge in [0.25, 0.3) is 5.91 Å². The van der Waals surface area contributed by atoms with Crippen LogP contribution in [0.3, 0.4) is 0 Å². The largest absolute Gasteiger partial charge is 0.352 e. The summed E-state index contributed by atoms with van der Waals surface area (Å²) in [6.45, 7) is 2.77. The van der Waals surface area contributed by atoms with Gasteiger partial charge in [-0.3, -0.25) is 4.79 Å². The first kappa shape index (κ1) is 13.5. The van der Waals surface area contributed by atoms with E-state index in [0.29, 0.717) is 22.5 Å². The van der Waals surface area contributed by atoms with E-state index in [2.05, 4.69) is 26.6 Å². The highest BCUT2D eigenvalue weighted by atomic mass is 79.9. The zero-order valence-corrected chi connectivity index (χ0v) is 11.6. The molecule has 1 fully saturated rings. The molecule has 0 aromatic heterocycles. The number of hydrogen-bond acceptors (Lipinski definition) is 2. The summed E-state index contributed by atoms with van der Waals surface area (Å²) >= 11 is 3.20. The van der Waals surface area contributed by atoms with Crippen molar-refractivity contribution in [3.8, 4) is 0 Å². The average Bonchev–Trinajstić information content (AvgIpc) is 2.81. The van der Waals surface area contributed by atoms with E-state index in [0.717, 1.165) is 19.5 Å². The summed E-state index contributed by atoms with van der Waals surface area (Å²) in [7, 11) is 0. The van der Waals surface area contributed by atoms with E-state index in [-0.39, 0.29) is 11.7 Å². The number of rotatable bonds is 4. The molecular formula is C13H16BrFN2O. The van der Waals surface area contributed by atoms with Gasteiger partial charge in [-0.25, -0.2) is 4.39 Å². The number of carbonyl (C=O) groups is 1. The van der Waals surface area contributed by atoms with Gasteiger partial charge in [0.05, 0.1) is 5.56 Å². The van der Waals surface area contributed by atoms with Gasteiger partial charge in [0.15, 0.2) is 0 Å². The summed E-state index contributed by atoms with van der Waals surface area (Å²) in [5.41, 5.74) is 0.473. The van der Waals surface area contributed by atoms with Crippen LogP contribution >= 0.6 is 15.9 Å². The van der Waals surface area contributed by atoms with Crippen LogP contribution in [-0.2, 0) is 0 Å². The van der Waals surface area contributed by atoms with Gasteiger partial charge < -0.3 is 10.6 Å². The molecule has 2 rings (SSSR count). The van der Waals surface area contributed by atoms with Crippen LogP contribution in [0.1, 0.15) is 23.2 Å². The third-order valence-corrected chi connectivity index (χ3v) is 3.83. The minimum atomic E-state index is -0.351. The Labute approximate surface area is 114 Å². The molecule has 98 valence electrons. The maximum Gasteiger partial charge on any atom is 0.252 e. The molecule has 1 amide bonds. The molecule has 18 heavy (non-hydrogen) atoms. The van der Waals surface area contributed by atoms with E-state index < -0.39 is 0 Å². The second-order valence-electron chi connectivity index (χ2n) is 4.53. The number of benzene rings is 1. The summed E-state index contributed by atoms with van der Waals surface area (Å²) in [5, 5.41) is 6.16. The fourth-order valence-electron chi connectivity index (χ4n) is 2.12. The van der Waals surface area contributed by atoms with Gasteiger partial charge in [-0.15, -0.1) is 0 Å². The first-order chi connectivity index (χ1) is 8.66. The molecule has 1 atom stereocenters. The van der Waals surface area contributed by atoms with E-state index in [1.54, 1.807) is 0 Å². The van der Waals surface area contributed by atoms with Gasteiger partial charge in [-0.1, -0.05) is 0 Å². The van der Waals surface area contributed by atoms with Crippen LogP contribution in [0.25, 0.3) is 0 Å². The lowest BCUT2D eigenvalue weighted by atomic mass is 10.1. The molecule has 2 N–H and O–H groups in total. The molecule has 0 aliphatic carbocycles. The molecule has 1 aliphatic heterocycles. The third kappa shape index (κ3) is 3.53. The SMILES string of the molecule is O=C(NCCC1CCNC1)c1ccc(F)cc1Br. The fourth-order valence-corrected chi connectivity index (χ4v) is 2.65. The van der Waals surface area contributed by atoms with E-state index >= 15 is 0 Å². The number of carbonyl (C=O) groups excluding carboxylic acids is 1. The highest BCUT2D eigenvalue weighted by Gasteiger charge is 2.15. The van der Waals surface area contributed by atoms with E-state index in [1.165, 1.54) is 24.6 Å². The maximum absolute atomic E-state index is 12.9. The standard InChI is InChI=1S/C13H16BrFN2O/c14-12-7-10(15)1-2-11(12)13(18)17-6-4-9-3-5-16-8-9/h1-2,7,9,16H,3-6,8H2,(H,17,18). The Balaban J connectivity index is 1.83. The van der Waals surface area contributed by atoms with Gasteiger partial charge in [-0.05, 0) is 66.0 Å². The maximum atomic E-state index is 12.9. The summed E-state index contributed by atoms with van der Waals surface area (Å²) in [6.07, 6.45) is 2.16. The number of amides is 1. The molecule has 1 heterocycles. The van der Waals surface area contributed by atoms with Crippen molar-refractivity contribution in [1.82, 2.24) is 10.6 Å². The van der Waals surface area contributed by atoms with Gasteiger partial charge in [0.1, 0.15) is 5.82 Å². The van der Waals surface area contributed by atoms with Crippen molar-refractivity contribution in [2.24, 2.45) is 5.92 Å². The predicted molar refractivity (Wildman–Crippen MR) is 72.0 cm³/mol. The molecule has 0 saturated carbocycles. The molecule has 0 bridgehead atoms. The second-order valence-corrected chi connectivity index (χ2v) is 5.38. The Hall–Kier alpha value is -0.940. The zero-order chi connectivity index (χ0) is 13.0.